The molecule has 0 saturated heterocycles. The summed E-state index contributed by atoms with van der Waals surface area (Å²) in [6, 6.07) is 69.2. The van der Waals surface area contributed by atoms with E-state index in [-0.39, 0.29) is 0 Å². The van der Waals surface area contributed by atoms with Gasteiger partial charge in [0.15, 0.2) is 0 Å². The van der Waals surface area contributed by atoms with Gasteiger partial charge in [-0.15, -0.1) is 22.7 Å². The molecule has 2 aromatic heterocycles. The van der Waals surface area contributed by atoms with Crippen molar-refractivity contribution in [2.75, 3.05) is 4.90 Å². The molecule has 0 saturated carbocycles. The van der Waals surface area contributed by atoms with Crippen LogP contribution in [0.5, 0.6) is 0 Å². The van der Waals surface area contributed by atoms with Crippen LogP contribution < -0.4 is 4.90 Å². The molecular formula is C50H31NS2. The molecule has 0 atom stereocenters. The third-order valence-corrected chi connectivity index (χ3v) is 13.0. The highest BCUT2D eigenvalue weighted by atomic mass is 32.1. The van der Waals surface area contributed by atoms with Crippen molar-refractivity contribution in [3.63, 3.8) is 0 Å². The normalized spacial score (nSPS) is 11.8. The number of anilines is 3. The summed E-state index contributed by atoms with van der Waals surface area (Å²) < 4.78 is 5.19. The highest BCUT2D eigenvalue weighted by molar-refractivity contribution is 7.26. The fraction of sp³-hybridized carbons (Fsp3) is 0. The van der Waals surface area contributed by atoms with Crippen LogP contribution >= 0.6 is 22.7 Å². The first-order valence-electron chi connectivity index (χ1n) is 18.0. The van der Waals surface area contributed by atoms with Gasteiger partial charge in [-0.2, -0.15) is 0 Å². The molecular weight excluding hydrogens is 679 g/mol. The first-order valence-corrected chi connectivity index (χ1v) is 19.6. The fourth-order valence-electron chi connectivity index (χ4n) is 8.19. The molecule has 11 aromatic rings. The van der Waals surface area contributed by atoms with Crippen molar-refractivity contribution in [1.29, 1.82) is 0 Å². The summed E-state index contributed by atoms with van der Waals surface area (Å²) in [6.07, 6.45) is 0. The highest BCUT2D eigenvalue weighted by Crippen LogP contribution is 2.50. The van der Waals surface area contributed by atoms with Gasteiger partial charge in [0.05, 0.1) is 10.4 Å². The van der Waals surface area contributed by atoms with Crippen LogP contribution in [0.15, 0.2) is 188 Å². The van der Waals surface area contributed by atoms with Gasteiger partial charge in [0, 0.05) is 52.6 Å². The van der Waals surface area contributed by atoms with E-state index in [4.69, 9.17) is 0 Å². The van der Waals surface area contributed by atoms with Gasteiger partial charge in [-0.1, -0.05) is 146 Å². The number of benzene rings is 9. The van der Waals surface area contributed by atoms with Gasteiger partial charge in [0.2, 0.25) is 0 Å². The van der Waals surface area contributed by atoms with Gasteiger partial charge in [-0.05, 0) is 80.7 Å². The Hall–Kier alpha value is -6.26. The third-order valence-electron chi connectivity index (χ3n) is 10.7. The van der Waals surface area contributed by atoms with Crippen molar-refractivity contribution in [1.82, 2.24) is 0 Å². The summed E-state index contributed by atoms with van der Waals surface area (Å²) in [7, 11) is 0. The Morgan fingerprint density at radius 1 is 0.321 bits per heavy atom. The van der Waals surface area contributed by atoms with Crippen molar-refractivity contribution >= 4 is 102 Å². The molecule has 3 heteroatoms. The van der Waals surface area contributed by atoms with Crippen molar-refractivity contribution in [2.45, 2.75) is 0 Å². The van der Waals surface area contributed by atoms with Crippen molar-refractivity contribution < 1.29 is 0 Å². The third kappa shape index (κ3) is 4.89. The van der Waals surface area contributed by atoms with Gasteiger partial charge >= 0.3 is 0 Å². The Labute approximate surface area is 315 Å². The summed E-state index contributed by atoms with van der Waals surface area (Å²) in [5, 5.41) is 10.3. The Balaban J connectivity index is 1.18. The molecule has 0 aliphatic carbocycles. The second-order valence-corrected chi connectivity index (χ2v) is 15.8. The Morgan fingerprint density at radius 3 is 1.68 bits per heavy atom. The highest BCUT2D eigenvalue weighted by Gasteiger charge is 2.23. The van der Waals surface area contributed by atoms with Crippen LogP contribution in [0.1, 0.15) is 0 Å². The molecule has 0 aliphatic rings. The Bertz CT molecular complexity index is 3170. The molecule has 9 aromatic carbocycles. The average molecular weight is 710 g/mol. The summed E-state index contributed by atoms with van der Waals surface area (Å²) in [6.45, 7) is 0. The number of hydrogen-bond donors (Lipinski definition) is 0. The molecule has 1 nitrogen and oxygen atoms in total. The van der Waals surface area contributed by atoms with Crippen molar-refractivity contribution in [2.24, 2.45) is 0 Å². The van der Waals surface area contributed by atoms with Gasteiger partial charge in [-0.3, -0.25) is 0 Å². The van der Waals surface area contributed by atoms with Crippen LogP contribution in [-0.4, -0.2) is 0 Å². The summed E-state index contributed by atoms with van der Waals surface area (Å²) in [4.78, 5) is 2.51. The minimum atomic E-state index is 1.13. The van der Waals surface area contributed by atoms with E-state index in [2.05, 4.69) is 193 Å². The lowest BCUT2D eigenvalue weighted by Gasteiger charge is -2.29. The van der Waals surface area contributed by atoms with E-state index < -0.39 is 0 Å². The predicted molar refractivity (Wildman–Crippen MR) is 233 cm³/mol. The van der Waals surface area contributed by atoms with E-state index >= 15 is 0 Å². The van der Waals surface area contributed by atoms with Crippen LogP contribution in [0.2, 0.25) is 0 Å². The smallest absolute Gasteiger partial charge is 0.0718 e. The molecule has 0 fully saturated rings. The number of fused-ring (bicyclic) bond motifs is 9. The second-order valence-electron chi connectivity index (χ2n) is 13.7. The summed E-state index contributed by atoms with van der Waals surface area (Å²) in [5.74, 6) is 0. The lowest BCUT2D eigenvalue weighted by molar-refractivity contribution is 1.31. The lowest BCUT2D eigenvalue weighted by atomic mass is 9.93. The predicted octanol–water partition coefficient (Wildman–Crippen LogP) is 15.5. The van der Waals surface area contributed by atoms with Crippen LogP contribution in [0.3, 0.4) is 0 Å². The molecule has 53 heavy (non-hydrogen) atoms. The van der Waals surface area contributed by atoms with E-state index in [0.717, 1.165) is 11.4 Å². The largest absolute Gasteiger partial charge is 0.308 e. The van der Waals surface area contributed by atoms with Crippen LogP contribution in [0.25, 0.3) is 84.1 Å². The summed E-state index contributed by atoms with van der Waals surface area (Å²) in [5.41, 5.74) is 8.36. The maximum Gasteiger partial charge on any atom is 0.0718 e. The molecule has 0 radical (unpaired) electrons. The minimum absolute atomic E-state index is 1.13. The Morgan fingerprint density at radius 2 is 0.887 bits per heavy atom. The molecule has 11 rings (SSSR count). The molecule has 0 N–H and O–H groups in total. The van der Waals surface area contributed by atoms with E-state index in [1.807, 2.05) is 22.7 Å². The zero-order valence-electron chi connectivity index (χ0n) is 28.7. The lowest BCUT2D eigenvalue weighted by Crippen LogP contribution is -2.11. The molecule has 0 aliphatic heterocycles. The zero-order chi connectivity index (χ0) is 34.9. The SMILES string of the molecule is c1ccc(-c2ccc3c(sc4ccccc43)c2N(c2ccc(-c3cc4ccccc4c4ccccc34)cc2)c2ccc3c(c2)sc2ccccc23)cc1. The molecule has 2 heterocycles. The molecule has 248 valence electrons. The van der Waals surface area contributed by atoms with E-state index in [0.29, 0.717) is 0 Å². The number of rotatable bonds is 5. The quantitative estimate of drug-likeness (QED) is 0.161. The van der Waals surface area contributed by atoms with Crippen molar-refractivity contribution in [3.05, 3.63) is 188 Å². The van der Waals surface area contributed by atoms with Crippen LogP contribution in [-0.2, 0) is 0 Å². The van der Waals surface area contributed by atoms with E-state index in [1.54, 1.807) is 0 Å². The summed E-state index contributed by atoms with van der Waals surface area (Å²) >= 11 is 3.75. The molecule has 0 bridgehead atoms. The fourth-order valence-corrected chi connectivity index (χ4v) is 10.6. The number of nitrogens with zero attached hydrogens (tertiary/aromatic N) is 1. The maximum absolute atomic E-state index is 2.51. The first-order chi connectivity index (χ1) is 26.3. The first kappa shape index (κ1) is 30.4. The maximum atomic E-state index is 2.51. The zero-order valence-corrected chi connectivity index (χ0v) is 30.3. The Kier molecular flexibility index (Phi) is 6.97. The molecule has 0 spiro atoms. The van der Waals surface area contributed by atoms with Gasteiger partial charge in [0.25, 0.3) is 0 Å². The van der Waals surface area contributed by atoms with Gasteiger partial charge < -0.3 is 4.90 Å². The average Bonchev–Trinajstić information content (AvgIpc) is 3.80. The monoisotopic (exact) mass is 709 g/mol. The number of thiophene rings is 2. The standard InChI is InChI=1S/C50H31NS2/c1-2-12-32(13-3-1)38-28-29-44-42-19-9-11-21-47(42)53-50(44)49(38)51(36-26-27-43-41-18-8-10-20-46(41)52-48(43)31-36)35-24-22-33(23-25-35)45-30-34-14-4-5-15-37(34)39-16-6-7-17-40(39)45/h1-31H. The molecule has 0 amide bonds. The molecule has 0 unspecified atom stereocenters. The topological polar surface area (TPSA) is 3.24 Å². The van der Waals surface area contributed by atoms with E-state index in [9.17, 15) is 0 Å². The second kappa shape index (κ2) is 12.2. The van der Waals surface area contributed by atoms with Crippen LogP contribution in [0, 0.1) is 0 Å². The van der Waals surface area contributed by atoms with Gasteiger partial charge in [0.1, 0.15) is 0 Å². The number of hydrogen-bond acceptors (Lipinski definition) is 3. The van der Waals surface area contributed by atoms with Crippen LogP contribution in [0.4, 0.5) is 17.1 Å². The minimum Gasteiger partial charge on any atom is -0.308 e. The van der Waals surface area contributed by atoms with Crippen molar-refractivity contribution in [3.8, 4) is 22.3 Å². The van der Waals surface area contributed by atoms with Gasteiger partial charge in [-0.25, -0.2) is 0 Å². The van der Waals surface area contributed by atoms with E-state index in [1.165, 1.54) is 89.8 Å².